The van der Waals surface area contributed by atoms with Crippen molar-refractivity contribution < 1.29 is 14.3 Å². The lowest BCUT2D eigenvalue weighted by molar-refractivity contribution is -0.115. The third-order valence-electron chi connectivity index (χ3n) is 3.77. The molecule has 1 aliphatic carbocycles. The average Bonchev–Trinajstić information content (AvgIpc) is 2.76. The number of benzene rings is 1. The molecule has 0 aromatic heterocycles. The smallest absolute Gasteiger partial charge is 0.251 e. The lowest BCUT2D eigenvalue weighted by Gasteiger charge is -2.31. The van der Waals surface area contributed by atoms with Crippen LogP contribution in [0.15, 0.2) is 18.2 Å². The number of ether oxygens (including phenoxy) is 2. The van der Waals surface area contributed by atoms with Crippen LogP contribution in [0.2, 0.25) is 0 Å². The van der Waals surface area contributed by atoms with Crippen molar-refractivity contribution in [3.8, 4) is 11.5 Å². The molecule has 1 heterocycles. The fourth-order valence-corrected chi connectivity index (χ4v) is 2.83. The summed E-state index contributed by atoms with van der Waals surface area (Å²) in [6, 6.07) is 5.55. The summed E-state index contributed by atoms with van der Waals surface area (Å²) in [5.74, 6) is 0.972. The topological polar surface area (TPSA) is 59.6 Å². The number of carbonyl (C=O) groups is 1. The molecule has 1 aromatic rings. The highest BCUT2D eigenvalue weighted by Crippen LogP contribution is 2.46. The summed E-state index contributed by atoms with van der Waals surface area (Å²) in [5.41, 5.74) is 0.737. The van der Waals surface area contributed by atoms with Gasteiger partial charge in [-0.1, -0.05) is 6.42 Å². The van der Waals surface area contributed by atoms with E-state index < -0.39 is 5.79 Å². The van der Waals surface area contributed by atoms with Gasteiger partial charge in [0.05, 0.1) is 6.54 Å². The second-order valence-corrected chi connectivity index (χ2v) is 5.42. The molecular weight excluding hydrogens is 292 g/mol. The molecule has 2 aliphatic rings. The maximum atomic E-state index is 11.6. The summed E-state index contributed by atoms with van der Waals surface area (Å²) >= 11 is 0. The highest BCUT2D eigenvalue weighted by molar-refractivity contribution is 5.92. The first-order valence-corrected chi connectivity index (χ1v) is 7.17. The first-order chi connectivity index (χ1) is 9.71. The molecule has 5 nitrogen and oxygen atoms in total. The number of nitrogens with one attached hydrogen (secondary N) is 2. The van der Waals surface area contributed by atoms with Gasteiger partial charge in [-0.15, -0.1) is 12.4 Å². The summed E-state index contributed by atoms with van der Waals surface area (Å²) in [5, 5.41) is 5.65. The average molecular weight is 313 g/mol. The summed E-state index contributed by atoms with van der Waals surface area (Å²) in [4.78, 5) is 11.6. The molecule has 21 heavy (non-hydrogen) atoms. The van der Waals surface area contributed by atoms with Crippen LogP contribution in [0.25, 0.3) is 0 Å². The second-order valence-electron chi connectivity index (χ2n) is 5.42. The fourth-order valence-electron chi connectivity index (χ4n) is 2.83. The molecule has 1 saturated carbocycles. The molecule has 0 unspecified atom stereocenters. The van der Waals surface area contributed by atoms with Crippen LogP contribution >= 0.6 is 12.4 Å². The third kappa shape index (κ3) is 3.41. The summed E-state index contributed by atoms with van der Waals surface area (Å²) in [6.45, 7) is 0.290. The van der Waals surface area contributed by atoms with Crippen LogP contribution < -0.4 is 20.1 Å². The van der Waals surface area contributed by atoms with Gasteiger partial charge in [0.2, 0.25) is 5.91 Å². The van der Waals surface area contributed by atoms with Crippen LogP contribution in [0.4, 0.5) is 5.69 Å². The molecule has 1 amide bonds. The first kappa shape index (κ1) is 15.9. The number of carbonyl (C=O) groups excluding carboxylic acids is 1. The van der Waals surface area contributed by atoms with Gasteiger partial charge in [0, 0.05) is 24.6 Å². The Bertz CT molecular complexity index is 516. The van der Waals surface area contributed by atoms with E-state index in [0.29, 0.717) is 6.54 Å². The van der Waals surface area contributed by atoms with Gasteiger partial charge in [0.15, 0.2) is 11.5 Å². The van der Waals surface area contributed by atoms with E-state index in [0.717, 1.165) is 42.9 Å². The van der Waals surface area contributed by atoms with Gasteiger partial charge in [-0.3, -0.25) is 4.79 Å². The Morgan fingerprint density at radius 2 is 1.90 bits per heavy atom. The maximum absolute atomic E-state index is 11.6. The number of anilines is 1. The van der Waals surface area contributed by atoms with Crippen LogP contribution in [0.5, 0.6) is 11.5 Å². The molecule has 3 rings (SSSR count). The van der Waals surface area contributed by atoms with E-state index in [1.54, 1.807) is 7.05 Å². The largest absolute Gasteiger partial charge is 0.448 e. The van der Waals surface area contributed by atoms with Crippen LogP contribution in [0, 0.1) is 0 Å². The van der Waals surface area contributed by atoms with Crippen molar-refractivity contribution in [2.45, 2.75) is 37.9 Å². The minimum Gasteiger partial charge on any atom is -0.448 e. The summed E-state index contributed by atoms with van der Waals surface area (Å²) < 4.78 is 12.0. The molecule has 6 heteroatoms. The molecule has 116 valence electrons. The fraction of sp³-hybridized carbons (Fsp3) is 0.533. The molecule has 1 spiro atoms. The molecule has 1 aromatic carbocycles. The predicted octanol–water partition coefficient (Wildman–Crippen LogP) is 2.70. The molecular formula is C15H21ClN2O3. The number of hydrogen-bond acceptors (Lipinski definition) is 4. The summed E-state index contributed by atoms with van der Waals surface area (Å²) in [6.07, 6.45) is 5.39. The zero-order valence-corrected chi connectivity index (χ0v) is 12.9. The Morgan fingerprint density at radius 3 is 2.62 bits per heavy atom. The number of rotatable bonds is 3. The molecule has 0 atom stereocenters. The molecule has 2 N–H and O–H groups in total. The zero-order chi connectivity index (χ0) is 14.0. The van der Waals surface area contributed by atoms with E-state index in [2.05, 4.69) is 10.6 Å². The minimum atomic E-state index is -0.464. The minimum absolute atomic E-state index is 0. The lowest BCUT2D eigenvalue weighted by atomic mass is 9.94. The zero-order valence-electron chi connectivity index (χ0n) is 12.1. The SMILES string of the molecule is CNCC(=O)Nc1ccc2c(c1)OC1(CCCCC1)O2.Cl. The standard InChI is InChI=1S/C15H20N2O3.ClH/c1-16-10-14(18)17-11-5-6-12-13(9-11)20-15(19-12)7-3-2-4-8-15;/h5-6,9,16H,2-4,7-8,10H2,1H3,(H,17,18);1H. The van der Waals surface area contributed by atoms with Crippen molar-refractivity contribution in [2.24, 2.45) is 0 Å². The third-order valence-corrected chi connectivity index (χ3v) is 3.77. The van der Waals surface area contributed by atoms with Crippen molar-refractivity contribution in [2.75, 3.05) is 18.9 Å². The highest BCUT2D eigenvalue weighted by Gasteiger charge is 2.42. The van der Waals surface area contributed by atoms with E-state index in [1.165, 1.54) is 6.42 Å². The van der Waals surface area contributed by atoms with Crippen molar-refractivity contribution in [1.29, 1.82) is 0 Å². The Morgan fingerprint density at radius 1 is 1.19 bits per heavy atom. The highest BCUT2D eigenvalue weighted by atomic mass is 35.5. The van der Waals surface area contributed by atoms with E-state index in [9.17, 15) is 4.79 Å². The number of fused-ring (bicyclic) bond motifs is 1. The van der Waals surface area contributed by atoms with Crippen molar-refractivity contribution >= 4 is 24.0 Å². The van der Waals surface area contributed by atoms with Crippen molar-refractivity contribution in [1.82, 2.24) is 5.32 Å². The van der Waals surface area contributed by atoms with Crippen LogP contribution in [-0.2, 0) is 4.79 Å². The molecule has 0 radical (unpaired) electrons. The van der Waals surface area contributed by atoms with Gasteiger partial charge in [-0.2, -0.15) is 0 Å². The summed E-state index contributed by atoms with van der Waals surface area (Å²) in [7, 11) is 1.74. The van der Waals surface area contributed by atoms with Gasteiger partial charge < -0.3 is 20.1 Å². The number of likely N-dealkylation sites (N-methyl/N-ethyl adjacent to an activating group) is 1. The van der Waals surface area contributed by atoms with E-state index >= 15 is 0 Å². The lowest BCUT2D eigenvalue weighted by Crippen LogP contribution is -2.40. The van der Waals surface area contributed by atoms with Gasteiger partial charge in [-0.25, -0.2) is 0 Å². The van der Waals surface area contributed by atoms with Gasteiger partial charge in [0.1, 0.15) is 0 Å². The van der Waals surface area contributed by atoms with Gasteiger partial charge >= 0.3 is 0 Å². The first-order valence-electron chi connectivity index (χ1n) is 7.17. The van der Waals surface area contributed by atoms with Crippen LogP contribution in [0.3, 0.4) is 0 Å². The molecule has 1 aliphatic heterocycles. The molecule has 0 saturated heterocycles. The van der Waals surface area contributed by atoms with E-state index in [4.69, 9.17) is 9.47 Å². The Labute approximate surface area is 130 Å². The number of halogens is 1. The van der Waals surface area contributed by atoms with Crippen LogP contribution in [-0.4, -0.2) is 25.3 Å². The van der Waals surface area contributed by atoms with E-state index in [-0.39, 0.29) is 18.3 Å². The Balaban J connectivity index is 0.00000161. The molecule has 1 fully saturated rings. The van der Waals surface area contributed by atoms with Crippen molar-refractivity contribution in [3.05, 3.63) is 18.2 Å². The van der Waals surface area contributed by atoms with E-state index in [1.807, 2.05) is 18.2 Å². The quantitative estimate of drug-likeness (QED) is 0.901. The maximum Gasteiger partial charge on any atom is 0.251 e. The number of amides is 1. The second kappa shape index (κ2) is 6.54. The van der Waals surface area contributed by atoms with Crippen LogP contribution in [0.1, 0.15) is 32.1 Å². The molecule has 0 bridgehead atoms. The van der Waals surface area contributed by atoms with Gasteiger partial charge in [-0.05, 0) is 32.0 Å². The van der Waals surface area contributed by atoms with Crippen molar-refractivity contribution in [3.63, 3.8) is 0 Å². The predicted molar refractivity (Wildman–Crippen MR) is 83.3 cm³/mol. The monoisotopic (exact) mass is 312 g/mol. The van der Waals surface area contributed by atoms with Gasteiger partial charge in [0.25, 0.3) is 5.79 Å². The Kier molecular flexibility index (Phi) is 4.96. The Hall–Kier alpha value is -1.46. The normalized spacial score (nSPS) is 18.1. The number of hydrogen-bond donors (Lipinski definition) is 2.